The van der Waals surface area contributed by atoms with Crippen LogP contribution >= 0.6 is 101 Å². The van der Waals surface area contributed by atoms with E-state index in [0.717, 1.165) is 228 Å². The van der Waals surface area contributed by atoms with E-state index in [0.29, 0.717) is 0 Å². The van der Waals surface area contributed by atoms with Gasteiger partial charge in [0.1, 0.15) is 0 Å². The number of thiol groups is 8. The first-order chi connectivity index (χ1) is 33.2. The molecule has 400 valence electrons. The van der Waals surface area contributed by atoms with E-state index in [1.54, 1.807) is 0 Å². The number of unbranched alkanes of at least 4 members (excludes halogenated alkanes) is 12. The normalized spacial score (nSPS) is 16.0. The van der Waals surface area contributed by atoms with Gasteiger partial charge in [0.25, 0.3) is 0 Å². The van der Waals surface area contributed by atoms with Crippen LogP contribution in [0.2, 0.25) is 0 Å². The van der Waals surface area contributed by atoms with Crippen molar-refractivity contribution in [2.24, 2.45) is 0 Å². The molecule has 4 fully saturated rings. The molecule has 68 heavy (non-hydrogen) atoms. The van der Waals surface area contributed by atoms with Crippen molar-refractivity contribution in [3.8, 4) is 0 Å². The van der Waals surface area contributed by atoms with Crippen LogP contribution in [0, 0.1) is 0 Å². The molecule has 0 aliphatic carbocycles. The summed E-state index contributed by atoms with van der Waals surface area (Å²) in [6, 6.07) is 0.909. The molecule has 0 aromatic rings. The Morgan fingerprint density at radius 3 is 0.529 bits per heavy atom. The topological polar surface area (TPSA) is 94.2 Å². The molecule has 4 saturated heterocycles. The SMILES string of the molecule is O=C1N(CCCCCCS)CCN1CCCCCCS.O=C1N(CCCCCS)CCN1CCCCCS.O=C1N(CCCCS)CCN1CCCCS.O=C1N(CCCS)CCN1CCCS. The van der Waals surface area contributed by atoms with Crippen LogP contribution in [0.4, 0.5) is 19.2 Å². The second-order valence-electron chi connectivity index (χ2n) is 17.9. The summed E-state index contributed by atoms with van der Waals surface area (Å²) in [4.78, 5) is 63.6. The number of urea groups is 4. The summed E-state index contributed by atoms with van der Waals surface area (Å²) in [6.07, 6.45) is 22.7. The van der Waals surface area contributed by atoms with E-state index in [4.69, 9.17) is 0 Å². The zero-order valence-electron chi connectivity index (χ0n) is 41.9. The number of rotatable bonds is 36. The molecule has 0 atom stereocenters. The Bertz CT molecular complexity index is 1190. The van der Waals surface area contributed by atoms with Crippen molar-refractivity contribution in [2.45, 2.75) is 128 Å². The van der Waals surface area contributed by atoms with Crippen LogP contribution in [0.3, 0.4) is 0 Å². The number of carbonyl (C=O) groups is 4. The van der Waals surface area contributed by atoms with Crippen LogP contribution in [0.5, 0.6) is 0 Å². The first kappa shape index (κ1) is 65.9. The van der Waals surface area contributed by atoms with E-state index < -0.39 is 0 Å². The molecule has 0 unspecified atom stereocenters. The highest BCUT2D eigenvalue weighted by atomic mass is 32.1. The number of amides is 8. The molecule has 0 radical (unpaired) electrons. The fourth-order valence-electron chi connectivity index (χ4n) is 8.26. The van der Waals surface area contributed by atoms with Crippen molar-refractivity contribution < 1.29 is 19.2 Å². The van der Waals surface area contributed by atoms with Gasteiger partial charge in [-0.2, -0.15) is 101 Å². The maximum absolute atomic E-state index is 12.2. The van der Waals surface area contributed by atoms with Crippen LogP contribution in [0.15, 0.2) is 0 Å². The van der Waals surface area contributed by atoms with Crippen LogP contribution in [0.25, 0.3) is 0 Å². The molecule has 8 amide bonds. The maximum atomic E-state index is 12.2. The van der Waals surface area contributed by atoms with Gasteiger partial charge in [0.05, 0.1) is 0 Å². The average Bonchev–Trinajstić information content (AvgIpc) is 4.10. The molecule has 4 heterocycles. The van der Waals surface area contributed by atoms with Gasteiger partial charge in [0.2, 0.25) is 0 Å². The summed E-state index contributed by atoms with van der Waals surface area (Å²) < 4.78 is 0. The number of hydrogen-bond acceptors (Lipinski definition) is 12. The van der Waals surface area contributed by atoms with E-state index in [1.807, 2.05) is 39.2 Å². The third-order valence-corrected chi connectivity index (χ3v) is 14.9. The van der Waals surface area contributed by atoms with Gasteiger partial charge in [-0.1, -0.05) is 38.5 Å². The summed E-state index contributed by atoms with van der Waals surface area (Å²) in [5.41, 5.74) is 0. The van der Waals surface area contributed by atoms with Gasteiger partial charge in [-0.15, -0.1) is 0 Å². The van der Waals surface area contributed by atoms with Gasteiger partial charge < -0.3 is 39.2 Å². The molecule has 4 aliphatic rings. The standard InChI is InChI=1S/C15H30N2OS2.C13H26N2OS2.C11H22N2OS2.C9H18N2OS2/c18-15-16(9-5-1-3-7-13-19)11-12-17(15)10-6-2-4-8-14-20;16-13-14(7-3-1-5-11-17)9-10-15(13)8-4-2-6-12-18;14-11-12(5-1-3-9-15)7-8-13(11)6-2-4-10-16;12-9-10(3-1-7-13)5-6-11(9)4-2-8-14/h19-20H,1-14H2;17-18H,1-12H2;15-16H,1-10H2;13-14H,1-8H2. The van der Waals surface area contributed by atoms with E-state index in [1.165, 1.54) is 51.4 Å². The van der Waals surface area contributed by atoms with Gasteiger partial charge in [-0.3, -0.25) is 0 Å². The van der Waals surface area contributed by atoms with Gasteiger partial charge in [-0.25, -0.2) is 19.2 Å². The molecule has 4 rings (SSSR count). The Morgan fingerprint density at radius 1 is 0.206 bits per heavy atom. The summed E-state index contributed by atoms with van der Waals surface area (Å²) >= 11 is 33.4. The van der Waals surface area contributed by atoms with Crippen LogP contribution in [0.1, 0.15) is 128 Å². The van der Waals surface area contributed by atoms with Gasteiger partial charge >= 0.3 is 24.1 Å². The largest absolute Gasteiger partial charge is 0.323 e. The first-order valence-electron chi connectivity index (χ1n) is 26.2. The van der Waals surface area contributed by atoms with Crippen molar-refractivity contribution in [1.29, 1.82) is 0 Å². The highest BCUT2D eigenvalue weighted by molar-refractivity contribution is 7.81. The molecular weight excluding hydrogens is 1010 g/mol. The Labute approximate surface area is 459 Å². The van der Waals surface area contributed by atoms with Crippen LogP contribution in [-0.4, -0.2) is 214 Å². The molecule has 0 aromatic heterocycles. The molecule has 0 saturated carbocycles. The summed E-state index contributed by atoms with van der Waals surface area (Å²) in [5, 5.41) is 0. The average molecular weight is 1110 g/mol. The number of carbonyl (C=O) groups excluding carboxylic acids is 4. The lowest BCUT2D eigenvalue weighted by Crippen LogP contribution is -2.33. The second-order valence-corrected chi connectivity index (χ2v) is 21.5. The summed E-state index contributed by atoms with van der Waals surface area (Å²) in [5.74, 6) is 7.37. The molecule has 0 aromatic carbocycles. The second kappa shape index (κ2) is 45.5. The first-order valence-corrected chi connectivity index (χ1v) is 31.3. The maximum Gasteiger partial charge on any atom is 0.320 e. The molecule has 4 aliphatic heterocycles. The monoisotopic (exact) mass is 1100 g/mol. The van der Waals surface area contributed by atoms with Gasteiger partial charge in [0.15, 0.2) is 0 Å². The molecule has 20 heteroatoms. The van der Waals surface area contributed by atoms with E-state index >= 15 is 0 Å². The van der Waals surface area contributed by atoms with Crippen molar-refractivity contribution in [1.82, 2.24) is 39.2 Å². The highest BCUT2D eigenvalue weighted by Crippen LogP contribution is 2.16. The predicted molar refractivity (Wildman–Crippen MR) is 317 cm³/mol. The molecule has 0 spiro atoms. The Morgan fingerprint density at radius 2 is 0.338 bits per heavy atom. The Balaban J connectivity index is 0.000000457. The van der Waals surface area contributed by atoms with Crippen LogP contribution < -0.4 is 0 Å². The highest BCUT2D eigenvalue weighted by Gasteiger charge is 2.30. The minimum atomic E-state index is 0.188. The fraction of sp³-hybridized carbons (Fsp3) is 0.917. The number of nitrogens with zero attached hydrogens (tertiary/aromatic N) is 8. The van der Waals surface area contributed by atoms with Crippen molar-refractivity contribution >= 4 is 125 Å². The summed E-state index contributed by atoms with van der Waals surface area (Å²) in [6.45, 7) is 14.4. The fourth-order valence-corrected chi connectivity index (χ4v) is 9.89. The molecule has 0 N–H and O–H groups in total. The Hall–Kier alpha value is -0.120. The van der Waals surface area contributed by atoms with E-state index in [-0.39, 0.29) is 24.1 Å². The predicted octanol–water partition coefficient (Wildman–Crippen LogP) is 10.1. The van der Waals surface area contributed by atoms with Gasteiger partial charge in [0, 0.05) is 105 Å². The quantitative estimate of drug-likeness (QED) is 0.0237. The van der Waals surface area contributed by atoms with Crippen molar-refractivity contribution in [3.05, 3.63) is 0 Å². The third-order valence-electron chi connectivity index (χ3n) is 12.4. The van der Waals surface area contributed by atoms with Crippen molar-refractivity contribution in [3.63, 3.8) is 0 Å². The lowest BCUT2D eigenvalue weighted by atomic mass is 10.2. The molecular formula is C48H96N8O4S8. The summed E-state index contributed by atoms with van der Waals surface area (Å²) in [7, 11) is 0. The lowest BCUT2D eigenvalue weighted by molar-refractivity contribution is 0.190. The third kappa shape index (κ3) is 30.2. The molecule has 0 bridgehead atoms. The van der Waals surface area contributed by atoms with Gasteiger partial charge in [-0.05, 0) is 136 Å². The lowest BCUT2D eigenvalue weighted by Gasteiger charge is -2.18. The van der Waals surface area contributed by atoms with Crippen LogP contribution in [-0.2, 0) is 0 Å². The minimum Gasteiger partial charge on any atom is -0.323 e. The minimum absolute atomic E-state index is 0.188. The number of hydrogen-bond donors (Lipinski definition) is 8. The Kier molecular flexibility index (Phi) is 44.1. The molecule has 12 nitrogen and oxygen atoms in total. The zero-order valence-corrected chi connectivity index (χ0v) is 49.1. The van der Waals surface area contributed by atoms with Crippen molar-refractivity contribution in [2.75, 3.05) is 151 Å². The van der Waals surface area contributed by atoms with E-state index in [2.05, 4.69) is 101 Å². The van der Waals surface area contributed by atoms with E-state index in [9.17, 15) is 19.2 Å². The zero-order chi connectivity index (χ0) is 50.0. The smallest absolute Gasteiger partial charge is 0.320 e.